The number of halogens is 8. The van der Waals surface area contributed by atoms with Gasteiger partial charge < -0.3 is 9.47 Å². The maximum absolute atomic E-state index is 14.5. The first-order chi connectivity index (χ1) is 12.8. The zero-order valence-electron chi connectivity index (χ0n) is 13.5. The topological polar surface area (TPSA) is 52.6 Å². The van der Waals surface area contributed by atoms with E-state index in [-0.39, 0.29) is 23.5 Å². The van der Waals surface area contributed by atoms with E-state index in [9.17, 15) is 44.7 Å². The van der Waals surface area contributed by atoms with Crippen molar-refractivity contribution in [1.82, 2.24) is 0 Å². The van der Waals surface area contributed by atoms with Crippen molar-refractivity contribution in [3.63, 3.8) is 0 Å². The summed E-state index contributed by atoms with van der Waals surface area (Å²) in [7, 11) is 1.66. The third-order valence-corrected chi connectivity index (χ3v) is 5.80. The molecule has 2 rings (SSSR count). The number of rotatable bonds is 2. The third kappa shape index (κ3) is 3.79. The van der Waals surface area contributed by atoms with Crippen LogP contribution in [0.4, 0.5) is 35.1 Å². The minimum atomic E-state index is -5.90. The lowest BCUT2D eigenvalue weighted by atomic mass is 10.0. The van der Waals surface area contributed by atoms with Gasteiger partial charge in [-0.3, -0.25) is 0 Å². The van der Waals surface area contributed by atoms with Crippen LogP contribution in [-0.2, 0) is 31.4 Å². The summed E-state index contributed by atoms with van der Waals surface area (Å²) < 4.78 is 116. The molecule has 0 saturated heterocycles. The Morgan fingerprint density at radius 3 is 1.21 bits per heavy atom. The molecule has 0 bridgehead atoms. The van der Waals surface area contributed by atoms with Crippen LogP contribution in [0, 0.1) is 11.6 Å². The highest BCUT2D eigenvalue weighted by Gasteiger charge is 2.51. The van der Waals surface area contributed by atoms with Gasteiger partial charge in [-0.15, -0.1) is 0 Å². The van der Waals surface area contributed by atoms with Gasteiger partial charge in [0.05, 0.1) is 24.0 Å². The van der Waals surface area contributed by atoms with E-state index in [1.165, 1.54) is 0 Å². The van der Waals surface area contributed by atoms with E-state index in [0.29, 0.717) is 0 Å². The molecule has 0 N–H and O–H groups in total. The monoisotopic (exact) mass is 454 g/mol. The highest BCUT2D eigenvalue weighted by Crippen LogP contribution is 2.55. The van der Waals surface area contributed by atoms with E-state index < -0.39 is 66.7 Å². The number of carbonyl (C=O) groups is 2. The minimum Gasteiger partial charge on any atom is -0.465 e. The molecule has 1 heterocycles. The largest absolute Gasteiger partial charge is 0.465 e. The Bertz CT molecular complexity index is 818. The Labute approximate surface area is 159 Å². The molecular formula is C14H6F8O4S2. The molecule has 14 heteroatoms. The minimum absolute atomic E-state index is 0.167. The van der Waals surface area contributed by atoms with Crippen molar-refractivity contribution >= 4 is 35.5 Å². The molecule has 4 nitrogen and oxygen atoms in total. The number of alkyl halides is 6. The van der Waals surface area contributed by atoms with Crippen molar-refractivity contribution in [2.75, 3.05) is 14.2 Å². The van der Waals surface area contributed by atoms with Gasteiger partial charge in [-0.05, 0) is 0 Å². The summed E-state index contributed by atoms with van der Waals surface area (Å²) in [5.41, 5.74) is -5.73. The molecule has 1 aromatic rings. The summed E-state index contributed by atoms with van der Waals surface area (Å²) in [4.78, 5) is 19.5. The lowest BCUT2D eigenvalue weighted by Crippen LogP contribution is -2.23. The Hall–Kier alpha value is -1.96. The van der Waals surface area contributed by atoms with Crippen LogP contribution in [0.2, 0.25) is 0 Å². The predicted molar refractivity (Wildman–Crippen MR) is 79.1 cm³/mol. The van der Waals surface area contributed by atoms with E-state index >= 15 is 0 Å². The van der Waals surface area contributed by atoms with E-state index in [2.05, 4.69) is 9.47 Å². The number of methoxy groups -OCH3 is 2. The Balaban J connectivity index is 2.89. The van der Waals surface area contributed by atoms with Crippen molar-refractivity contribution in [2.45, 2.75) is 22.1 Å². The van der Waals surface area contributed by atoms with Crippen LogP contribution in [0.25, 0.3) is 0 Å². The van der Waals surface area contributed by atoms with Crippen LogP contribution in [0.5, 0.6) is 0 Å². The first kappa shape index (κ1) is 22.3. The molecule has 28 heavy (non-hydrogen) atoms. The fourth-order valence-corrected chi connectivity index (χ4v) is 4.45. The van der Waals surface area contributed by atoms with Crippen LogP contribution >= 0.6 is 23.5 Å². The van der Waals surface area contributed by atoms with Crippen LogP contribution in [0.15, 0.2) is 19.6 Å². The van der Waals surface area contributed by atoms with Gasteiger partial charge in [0.15, 0.2) is 11.6 Å². The second kappa shape index (κ2) is 7.46. The summed E-state index contributed by atoms with van der Waals surface area (Å²) in [5, 5.41) is 0. The fourth-order valence-electron chi connectivity index (χ4n) is 2.11. The van der Waals surface area contributed by atoms with Gasteiger partial charge in [0.2, 0.25) is 0 Å². The fraction of sp³-hybridized carbons (Fsp3) is 0.286. The molecule has 0 amide bonds. The molecule has 0 spiro atoms. The van der Waals surface area contributed by atoms with Gasteiger partial charge in [-0.25, -0.2) is 18.4 Å². The third-order valence-electron chi connectivity index (χ3n) is 3.22. The number of carbonyl (C=O) groups excluding carboxylic acids is 2. The smallest absolute Gasteiger partial charge is 0.419 e. The summed E-state index contributed by atoms with van der Waals surface area (Å²) in [6.07, 6.45) is -11.8. The zero-order chi connectivity index (χ0) is 21.6. The molecule has 154 valence electrons. The number of esters is 2. The molecule has 0 saturated carbocycles. The van der Waals surface area contributed by atoms with Gasteiger partial charge in [0, 0.05) is 0 Å². The molecular weight excluding hydrogens is 448 g/mol. The van der Waals surface area contributed by atoms with E-state index in [4.69, 9.17) is 0 Å². The van der Waals surface area contributed by atoms with Crippen LogP contribution in [-0.4, -0.2) is 26.2 Å². The quantitative estimate of drug-likeness (QED) is 0.475. The highest BCUT2D eigenvalue weighted by atomic mass is 32.2. The molecule has 1 aromatic carbocycles. The average Bonchev–Trinajstić information content (AvgIpc) is 2.59. The van der Waals surface area contributed by atoms with Crippen molar-refractivity contribution in [1.29, 1.82) is 0 Å². The summed E-state index contributed by atoms with van der Waals surface area (Å²) >= 11 is -0.334. The summed E-state index contributed by atoms with van der Waals surface area (Å²) in [6, 6.07) is 0. The lowest BCUT2D eigenvalue weighted by Gasteiger charge is -2.25. The molecule has 0 aromatic heterocycles. The molecule has 0 aliphatic carbocycles. The first-order valence-electron chi connectivity index (χ1n) is 6.71. The maximum atomic E-state index is 14.5. The zero-order valence-corrected chi connectivity index (χ0v) is 15.1. The maximum Gasteiger partial charge on any atom is 0.419 e. The molecule has 0 unspecified atom stereocenters. The number of hydrogen-bond acceptors (Lipinski definition) is 6. The van der Waals surface area contributed by atoms with Crippen LogP contribution in [0.1, 0.15) is 11.1 Å². The number of ether oxygens (including phenoxy) is 2. The van der Waals surface area contributed by atoms with Gasteiger partial charge in [-0.1, -0.05) is 23.5 Å². The number of benzene rings is 1. The van der Waals surface area contributed by atoms with Crippen molar-refractivity contribution in [3.05, 3.63) is 32.6 Å². The van der Waals surface area contributed by atoms with Gasteiger partial charge >= 0.3 is 24.3 Å². The summed E-state index contributed by atoms with van der Waals surface area (Å²) in [6.45, 7) is 0. The number of hydrogen-bond donors (Lipinski definition) is 0. The Kier molecular flexibility index (Phi) is 5.95. The lowest BCUT2D eigenvalue weighted by molar-refractivity contribution is -0.166. The molecule has 1 aliphatic rings. The Morgan fingerprint density at radius 1 is 0.714 bits per heavy atom. The average molecular weight is 454 g/mol. The number of fused-ring (bicyclic) bond motifs is 1. The number of thioether (sulfide) groups is 2. The molecule has 0 atom stereocenters. The second-order valence-electron chi connectivity index (χ2n) is 4.88. The van der Waals surface area contributed by atoms with Gasteiger partial charge in [-0.2, -0.15) is 26.3 Å². The standard InChI is InChI=1S/C14H6F8O4S2/c1-25-11(23)9-10(12(24)26-2)28-8-6(16)4(14(20,21)22)3(13(17,18)19)5(15)7(8)27-9/h1-2H3. The van der Waals surface area contributed by atoms with Crippen LogP contribution in [0.3, 0.4) is 0 Å². The summed E-state index contributed by atoms with van der Waals surface area (Å²) in [5.74, 6) is -7.48. The van der Waals surface area contributed by atoms with Gasteiger partial charge in [0.25, 0.3) is 0 Å². The first-order valence-corrected chi connectivity index (χ1v) is 8.34. The van der Waals surface area contributed by atoms with Crippen molar-refractivity contribution < 1.29 is 54.2 Å². The second-order valence-corrected chi connectivity index (χ2v) is 6.92. The molecule has 0 radical (unpaired) electrons. The van der Waals surface area contributed by atoms with Crippen molar-refractivity contribution in [2.24, 2.45) is 0 Å². The molecule has 1 aliphatic heterocycles. The SMILES string of the molecule is COC(=O)C1=C(C(=O)OC)Sc2c(F)c(C(F)(F)F)c(C(F)(F)F)c(F)c2S1. The van der Waals surface area contributed by atoms with Crippen molar-refractivity contribution in [3.8, 4) is 0 Å². The normalized spacial score (nSPS) is 14.6. The van der Waals surface area contributed by atoms with Gasteiger partial charge in [0.1, 0.15) is 20.9 Å². The van der Waals surface area contributed by atoms with E-state index in [0.717, 1.165) is 14.2 Å². The van der Waals surface area contributed by atoms with E-state index in [1.807, 2.05) is 0 Å². The van der Waals surface area contributed by atoms with Crippen LogP contribution < -0.4 is 0 Å². The Morgan fingerprint density at radius 2 is 1.00 bits per heavy atom. The van der Waals surface area contributed by atoms with E-state index in [1.54, 1.807) is 0 Å². The highest BCUT2D eigenvalue weighted by molar-refractivity contribution is 8.10. The molecule has 0 fully saturated rings. The predicted octanol–water partition coefficient (Wildman–Crippen LogP) is 4.76.